The minimum Gasteiger partial charge on any atom is -0.386 e. The van der Waals surface area contributed by atoms with Gasteiger partial charge in [-0.15, -0.1) is 0 Å². The molecule has 0 saturated carbocycles. The summed E-state index contributed by atoms with van der Waals surface area (Å²) in [6, 6.07) is 4.39. The SMILES string of the molecule is OC(CF)c1ccccc1C(F)(F)F. The monoisotopic (exact) mass is 208 g/mol. The minimum atomic E-state index is -4.56. The highest BCUT2D eigenvalue weighted by Gasteiger charge is 2.34. The molecule has 0 amide bonds. The van der Waals surface area contributed by atoms with Gasteiger partial charge in [0.15, 0.2) is 0 Å². The van der Waals surface area contributed by atoms with Crippen LogP contribution in [0.25, 0.3) is 0 Å². The summed E-state index contributed by atoms with van der Waals surface area (Å²) in [6.45, 7) is -1.23. The van der Waals surface area contributed by atoms with Crippen LogP contribution in [0.2, 0.25) is 0 Å². The summed E-state index contributed by atoms with van der Waals surface area (Å²) in [5.74, 6) is 0. The second-order valence-electron chi connectivity index (χ2n) is 2.76. The van der Waals surface area contributed by atoms with Crippen molar-refractivity contribution in [3.8, 4) is 0 Å². The zero-order valence-electron chi connectivity index (χ0n) is 7.05. The number of halogens is 4. The summed E-state index contributed by atoms with van der Waals surface area (Å²) in [5.41, 5.74) is -1.42. The van der Waals surface area contributed by atoms with E-state index in [1.165, 1.54) is 12.1 Å². The average Bonchev–Trinajstić information content (AvgIpc) is 2.15. The van der Waals surface area contributed by atoms with Crippen LogP contribution in [0.1, 0.15) is 17.2 Å². The van der Waals surface area contributed by atoms with Crippen molar-refractivity contribution in [3.63, 3.8) is 0 Å². The Bertz CT molecular complexity index is 308. The number of hydrogen-bond acceptors (Lipinski definition) is 1. The molecule has 1 aromatic rings. The minimum absolute atomic E-state index is 0.428. The van der Waals surface area contributed by atoms with Crippen LogP contribution in [0.3, 0.4) is 0 Å². The van der Waals surface area contributed by atoms with Crippen molar-refractivity contribution in [2.24, 2.45) is 0 Å². The molecule has 1 atom stereocenters. The van der Waals surface area contributed by atoms with E-state index < -0.39 is 30.1 Å². The summed E-state index contributed by atoms with van der Waals surface area (Å²) >= 11 is 0. The van der Waals surface area contributed by atoms with Crippen LogP contribution in [0.4, 0.5) is 17.6 Å². The first-order chi connectivity index (χ1) is 6.46. The Kier molecular flexibility index (Phi) is 3.10. The predicted molar refractivity (Wildman–Crippen MR) is 42.4 cm³/mol. The summed E-state index contributed by atoms with van der Waals surface area (Å²) in [7, 11) is 0. The second kappa shape index (κ2) is 3.96. The predicted octanol–water partition coefficient (Wildman–Crippen LogP) is 2.71. The van der Waals surface area contributed by atoms with Gasteiger partial charge in [-0.3, -0.25) is 0 Å². The number of alkyl halides is 4. The normalized spacial score (nSPS) is 14.1. The Morgan fingerprint density at radius 2 is 1.79 bits per heavy atom. The van der Waals surface area contributed by atoms with Crippen molar-refractivity contribution in [2.75, 3.05) is 6.67 Å². The van der Waals surface area contributed by atoms with Crippen molar-refractivity contribution < 1.29 is 22.7 Å². The molecule has 1 nitrogen and oxygen atoms in total. The molecule has 1 unspecified atom stereocenters. The third kappa shape index (κ3) is 2.23. The molecule has 78 valence electrons. The van der Waals surface area contributed by atoms with Gasteiger partial charge in [0.2, 0.25) is 0 Å². The molecule has 0 aliphatic carbocycles. The standard InChI is InChI=1S/C9H8F4O/c10-5-8(14)6-3-1-2-4-7(6)9(11,12)13/h1-4,8,14H,5H2. The molecule has 5 heteroatoms. The zero-order chi connectivity index (χ0) is 10.8. The van der Waals surface area contributed by atoms with Crippen LogP contribution in [0.5, 0.6) is 0 Å². The van der Waals surface area contributed by atoms with Crippen molar-refractivity contribution in [1.82, 2.24) is 0 Å². The van der Waals surface area contributed by atoms with E-state index in [-0.39, 0.29) is 0 Å². The Labute approximate surface area is 78.0 Å². The lowest BCUT2D eigenvalue weighted by atomic mass is 10.0. The molecule has 0 heterocycles. The largest absolute Gasteiger partial charge is 0.416 e. The first-order valence-corrected chi connectivity index (χ1v) is 3.87. The summed E-state index contributed by atoms with van der Waals surface area (Å²) in [6.07, 6.45) is -6.28. The van der Waals surface area contributed by atoms with Gasteiger partial charge in [-0.1, -0.05) is 18.2 Å². The van der Waals surface area contributed by atoms with Crippen LogP contribution in [-0.4, -0.2) is 11.8 Å². The Morgan fingerprint density at radius 1 is 1.21 bits per heavy atom. The van der Waals surface area contributed by atoms with E-state index in [2.05, 4.69) is 0 Å². The smallest absolute Gasteiger partial charge is 0.386 e. The lowest BCUT2D eigenvalue weighted by Gasteiger charge is -2.14. The molecule has 0 aromatic heterocycles. The molecule has 1 N–H and O–H groups in total. The van der Waals surface area contributed by atoms with Crippen molar-refractivity contribution in [1.29, 1.82) is 0 Å². The van der Waals surface area contributed by atoms with Crippen molar-refractivity contribution in [2.45, 2.75) is 12.3 Å². The number of rotatable bonds is 2. The highest BCUT2D eigenvalue weighted by molar-refractivity contribution is 5.31. The first kappa shape index (κ1) is 11.0. The van der Waals surface area contributed by atoms with Crippen LogP contribution >= 0.6 is 0 Å². The van der Waals surface area contributed by atoms with Gasteiger partial charge in [0.05, 0.1) is 5.56 Å². The Morgan fingerprint density at radius 3 is 2.29 bits per heavy atom. The molecule has 0 aliphatic heterocycles. The molecule has 0 bridgehead atoms. The molecule has 14 heavy (non-hydrogen) atoms. The second-order valence-corrected chi connectivity index (χ2v) is 2.76. The van der Waals surface area contributed by atoms with Gasteiger partial charge >= 0.3 is 6.18 Å². The number of aliphatic hydroxyl groups is 1. The van der Waals surface area contributed by atoms with Crippen molar-refractivity contribution in [3.05, 3.63) is 35.4 Å². The Hall–Kier alpha value is -1.10. The summed E-state index contributed by atoms with van der Waals surface area (Å²) in [4.78, 5) is 0. The highest BCUT2D eigenvalue weighted by Crippen LogP contribution is 2.34. The summed E-state index contributed by atoms with van der Waals surface area (Å²) < 4.78 is 49.0. The first-order valence-electron chi connectivity index (χ1n) is 3.87. The van der Waals surface area contributed by atoms with E-state index >= 15 is 0 Å². The van der Waals surface area contributed by atoms with E-state index in [1.54, 1.807) is 0 Å². The van der Waals surface area contributed by atoms with Gasteiger partial charge in [-0.2, -0.15) is 13.2 Å². The van der Waals surface area contributed by atoms with E-state index in [0.29, 0.717) is 0 Å². The molecule has 0 aliphatic rings. The fourth-order valence-electron chi connectivity index (χ4n) is 1.13. The van der Waals surface area contributed by atoms with Gasteiger partial charge < -0.3 is 5.11 Å². The van der Waals surface area contributed by atoms with Gasteiger partial charge in [0.1, 0.15) is 12.8 Å². The molecule has 0 radical (unpaired) electrons. The molecule has 0 spiro atoms. The maximum absolute atomic E-state index is 12.3. The number of benzene rings is 1. The quantitative estimate of drug-likeness (QED) is 0.741. The third-order valence-corrected chi connectivity index (χ3v) is 1.77. The third-order valence-electron chi connectivity index (χ3n) is 1.77. The Balaban J connectivity index is 3.16. The lowest BCUT2D eigenvalue weighted by Crippen LogP contribution is -2.12. The van der Waals surface area contributed by atoms with Gasteiger partial charge in [-0.25, -0.2) is 4.39 Å². The molecular formula is C9H8F4O. The van der Waals surface area contributed by atoms with Crippen molar-refractivity contribution >= 4 is 0 Å². The molecule has 1 aromatic carbocycles. The molecule has 1 rings (SSSR count). The van der Waals surface area contributed by atoms with Gasteiger partial charge in [0, 0.05) is 0 Å². The number of hydrogen-bond donors (Lipinski definition) is 1. The van der Waals surface area contributed by atoms with Gasteiger partial charge in [0.25, 0.3) is 0 Å². The fraction of sp³-hybridized carbons (Fsp3) is 0.333. The van der Waals surface area contributed by atoms with Crippen LogP contribution < -0.4 is 0 Å². The average molecular weight is 208 g/mol. The number of aliphatic hydroxyl groups excluding tert-OH is 1. The fourth-order valence-corrected chi connectivity index (χ4v) is 1.13. The van der Waals surface area contributed by atoms with Crippen LogP contribution in [0, 0.1) is 0 Å². The highest BCUT2D eigenvalue weighted by atomic mass is 19.4. The van der Waals surface area contributed by atoms with E-state index in [9.17, 15) is 17.6 Å². The topological polar surface area (TPSA) is 20.2 Å². The van der Waals surface area contributed by atoms with E-state index in [4.69, 9.17) is 5.11 Å². The maximum Gasteiger partial charge on any atom is 0.416 e. The zero-order valence-corrected chi connectivity index (χ0v) is 7.05. The van der Waals surface area contributed by atoms with Crippen LogP contribution in [0.15, 0.2) is 24.3 Å². The van der Waals surface area contributed by atoms with Gasteiger partial charge in [-0.05, 0) is 11.6 Å². The maximum atomic E-state index is 12.3. The molecule has 0 saturated heterocycles. The molecular weight excluding hydrogens is 200 g/mol. The van der Waals surface area contributed by atoms with E-state index in [0.717, 1.165) is 12.1 Å². The van der Waals surface area contributed by atoms with E-state index in [1.807, 2.05) is 0 Å². The molecule has 0 fully saturated rings. The summed E-state index contributed by atoms with van der Waals surface area (Å²) in [5, 5.41) is 9.00. The van der Waals surface area contributed by atoms with Crippen LogP contribution in [-0.2, 0) is 6.18 Å². The lowest BCUT2D eigenvalue weighted by molar-refractivity contribution is -0.139.